The number of likely N-dealkylation sites (tertiary alicyclic amines) is 2. The summed E-state index contributed by atoms with van der Waals surface area (Å²) in [6, 6.07) is 0.324. The van der Waals surface area contributed by atoms with Crippen molar-refractivity contribution in [2.45, 2.75) is 50.4 Å². The Morgan fingerprint density at radius 1 is 1.05 bits per heavy atom. The third kappa shape index (κ3) is 2.73. The van der Waals surface area contributed by atoms with E-state index in [0.717, 1.165) is 45.3 Å². The van der Waals surface area contributed by atoms with Crippen LogP contribution in [-0.2, 0) is 9.53 Å². The van der Waals surface area contributed by atoms with E-state index in [9.17, 15) is 9.59 Å². The zero-order valence-electron chi connectivity index (χ0n) is 13.0. The Labute approximate surface area is 126 Å². The lowest BCUT2D eigenvalue weighted by atomic mass is 9.98. The second kappa shape index (κ2) is 5.83. The largest absolute Gasteiger partial charge is 0.363 e. The van der Waals surface area contributed by atoms with Gasteiger partial charge in [-0.3, -0.25) is 4.79 Å². The molecule has 0 spiro atoms. The standard InChI is InChI=1S/C15H25N3O3/c1-16(2)14(19)13-6-5-11-12(21-13)7-10-18(11)15(20)17-8-3-4-9-17/h11-13H,3-10H2,1-2H3/t11-,12+,13+/m0/s1. The molecule has 0 aromatic heterocycles. The zero-order valence-corrected chi connectivity index (χ0v) is 13.0. The van der Waals surface area contributed by atoms with Gasteiger partial charge in [-0.05, 0) is 32.1 Å². The summed E-state index contributed by atoms with van der Waals surface area (Å²) >= 11 is 0. The van der Waals surface area contributed by atoms with Gasteiger partial charge < -0.3 is 19.4 Å². The average molecular weight is 295 g/mol. The fourth-order valence-corrected chi connectivity index (χ4v) is 3.72. The van der Waals surface area contributed by atoms with Crippen LogP contribution in [-0.4, -0.2) is 78.6 Å². The lowest BCUT2D eigenvalue weighted by Gasteiger charge is -2.37. The summed E-state index contributed by atoms with van der Waals surface area (Å²) in [5.74, 6) is 0.0396. The molecule has 0 bridgehead atoms. The summed E-state index contributed by atoms with van der Waals surface area (Å²) < 4.78 is 5.97. The van der Waals surface area contributed by atoms with Crippen molar-refractivity contribution in [2.24, 2.45) is 0 Å². The van der Waals surface area contributed by atoms with Crippen molar-refractivity contribution in [1.82, 2.24) is 14.7 Å². The maximum Gasteiger partial charge on any atom is 0.320 e. The van der Waals surface area contributed by atoms with Crippen molar-refractivity contribution in [3.8, 4) is 0 Å². The Bertz CT molecular complexity index is 420. The Hall–Kier alpha value is -1.30. The smallest absolute Gasteiger partial charge is 0.320 e. The molecule has 3 saturated heterocycles. The van der Waals surface area contributed by atoms with Gasteiger partial charge in [0.2, 0.25) is 0 Å². The monoisotopic (exact) mass is 295 g/mol. The van der Waals surface area contributed by atoms with Crippen LogP contribution >= 0.6 is 0 Å². The van der Waals surface area contributed by atoms with Gasteiger partial charge in [-0.15, -0.1) is 0 Å². The molecule has 0 radical (unpaired) electrons. The summed E-state index contributed by atoms with van der Waals surface area (Å²) in [6.45, 7) is 2.53. The van der Waals surface area contributed by atoms with Crippen LogP contribution in [0.15, 0.2) is 0 Å². The number of likely N-dealkylation sites (N-methyl/N-ethyl adjacent to an activating group) is 1. The van der Waals surface area contributed by atoms with Gasteiger partial charge >= 0.3 is 6.03 Å². The number of fused-ring (bicyclic) bond motifs is 1. The van der Waals surface area contributed by atoms with E-state index in [1.54, 1.807) is 19.0 Å². The molecule has 3 heterocycles. The molecule has 0 aromatic rings. The highest BCUT2D eigenvalue weighted by atomic mass is 16.5. The summed E-state index contributed by atoms with van der Waals surface area (Å²) in [4.78, 5) is 30.1. The lowest BCUT2D eigenvalue weighted by molar-refractivity contribution is -0.151. The van der Waals surface area contributed by atoms with Crippen molar-refractivity contribution >= 4 is 11.9 Å². The van der Waals surface area contributed by atoms with Crippen LogP contribution in [0.3, 0.4) is 0 Å². The van der Waals surface area contributed by atoms with E-state index in [1.165, 1.54) is 0 Å². The van der Waals surface area contributed by atoms with Crippen LogP contribution in [0.5, 0.6) is 0 Å². The van der Waals surface area contributed by atoms with Crippen molar-refractivity contribution in [2.75, 3.05) is 33.7 Å². The van der Waals surface area contributed by atoms with E-state index in [1.807, 2.05) is 9.80 Å². The quantitative estimate of drug-likeness (QED) is 0.722. The highest BCUT2D eigenvalue weighted by Gasteiger charge is 2.44. The van der Waals surface area contributed by atoms with Gasteiger partial charge in [-0.25, -0.2) is 4.79 Å². The maximum absolute atomic E-state index is 12.5. The van der Waals surface area contributed by atoms with Crippen molar-refractivity contribution in [3.05, 3.63) is 0 Å². The second-order valence-corrected chi connectivity index (χ2v) is 6.50. The van der Waals surface area contributed by atoms with Crippen LogP contribution in [0.2, 0.25) is 0 Å². The number of urea groups is 1. The molecular weight excluding hydrogens is 270 g/mol. The summed E-state index contributed by atoms with van der Waals surface area (Å²) in [5.41, 5.74) is 0. The fourth-order valence-electron chi connectivity index (χ4n) is 3.72. The summed E-state index contributed by atoms with van der Waals surface area (Å²) in [6.07, 6.45) is 4.35. The minimum Gasteiger partial charge on any atom is -0.363 e. The van der Waals surface area contributed by atoms with E-state index in [4.69, 9.17) is 4.74 Å². The Balaban J connectivity index is 1.61. The Morgan fingerprint density at radius 3 is 2.43 bits per heavy atom. The first-order valence-corrected chi connectivity index (χ1v) is 8.00. The first-order valence-electron chi connectivity index (χ1n) is 8.00. The average Bonchev–Trinajstić information content (AvgIpc) is 3.14. The van der Waals surface area contributed by atoms with Gasteiger partial charge in [0.1, 0.15) is 6.10 Å². The number of ether oxygens (including phenoxy) is 1. The van der Waals surface area contributed by atoms with Crippen LogP contribution in [0.25, 0.3) is 0 Å². The van der Waals surface area contributed by atoms with Crippen LogP contribution in [0, 0.1) is 0 Å². The normalized spacial score (nSPS) is 32.2. The highest BCUT2D eigenvalue weighted by Crippen LogP contribution is 2.33. The maximum atomic E-state index is 12.5. The van der Waals surface area contributed by atoms with E-state index in [2.05, 4.69) is 0 Å². The molecule has 118 valence electrons. The van der Waals surface area contributed by atoms with Gasteiger partial charge in [0, 0.05) is 33.7 Å². The molecule has 6 heteroatoms. The predicted octanol–water partition coefficient (Wildman–Crippen LogP) is 0.912. The SMILES string of the molecule is CN(C)C(=O)[C@H]1CC[C@H]2[C@@H](CCN2C(=O)N2CCCC2)O1. The van der Waals surface area contributed by atoms with Gasteiger partial charge in [0.15, 0.2) is 0 Å². The van der Waals surface area contributed by atoms with E-state index in [0.29, 0.717) is 6.42 Å². The molecule has 3 rings (SSSR count). The molecule has 21 heavy (non-hydrogen) atoms. The molecule has 3 aliphatic heterocycles. The third-order valence-electron chi connectivity index (χ3n) is 4.89. The lowest BCUT2D eigenvalue weighted by Crippen LogP contribution is -2.51. The molecule has 0 N–H and O–H groups in total. The molecule has 6 nitrogen and oxygen atoms in total. The number of amides is 3. The van der Waals surface area contributed by atoms with E-state index >= 15 is 0 Å². The third-order valence-corrected chi connectivity index (χ3v) is 4.89. The minimum atomic E-state index is -0.330. The van der Waals surface area contributed by atoms with Crippen LogP contribution < -0.4 is 0 Å². The molecule has 0 unspecified atom stereocenters. The molecule has 0 aliphatic carbocycles. The number of rotatable bonds is 1. The molecule has 0 aromatic carbocycles. The highest BCUT2D eigenvalue weighted by molar-refractivity contribution is 5.80. The van der Waals surface area contributed by atoms with Gasteiger partial charge in [-0.1, -0.05) is 0 Å². The predicted molar refractivity (Wildman–Crippen MR) is 77.9 cm³/mol. The van der Waals surface area contributed by atoms with Gasteiger partial charge in [-0.2, -0.15) is 0 Å². The number of hydrogen-bond acceptors (Lipinski definition) is 3. The summed E-state index contributed by atoms with van der Waals surface area (Å²) in [5, 5.41) is 0. The fraction of sp³-hybridized carbons (Fsp3) is 0.867. The first kappa shape index (κ1) is 14.6. The van der Waals surface area contributed by atoms with Crippen molar-refractivity contribution in [1.29, 1.82) is 0 Å². The van der Waals surface area contributed by atoms with Crippen LogP contribution in [0.4, 0.5) is 4.79 Å². The molecule has 3 amide bonds. The van der Waals surface area contributed by atoms with E-state index < -0.39 is 0 Å². The van der Waals surface area contributed by atoms with Crippen molar-refractivity contribution < 1.29 is 14.3 Å². The second-order valence-electron chi connectivity index (χ2n) is 6.50. The topological polar surface area (TPSA) is 53.1 Å². The molecule has 0 saturated carbocycles. The van der Waals surface area contributed by atoms with Gasteiger partial charge in [0.05, 0.1) is 12.1 Å². The number of carbonyl (C=O) groups is 2. The summed E-state index contributed by atoms with van der Waals surface area (Å²) in [7, 11) is 3.52. The van der Waals surface area contributed by atoms with Crippen LogP contribution in [0.1, 0.15) is 32.1 Å². The molecule has 3 aliphatic rings. The van der Waals surface area contributed by atoms with Gasteiger partial charge in [0.25, 0.3) is 5.91 Å². The first-order chi connectivity index (χ1) is 10.1. The number of nitrogens with zero attached hydrogens (tertiary/aromatic N) is 3. The Kier molecular flexibility index (Phi) is 4.06. The molecule has 3 atom stereocenters. The van der Waals surface area contributed by atoms with E-state index in [-0.39, 0.29) is 30.2 Å². The number of hydrogen-bond donors (Lipinski definition) is 0. The minimum absolute atomic E-state index is 0.0270. The molecular formula is C15H25N3O3. The molecule has 3 fully saturated rings. The number of carbonyl (C=O) groups excluding carboxylic acids is 2. The zero-order chi connectivity index (χ0) is 15.0. The Morgan fingerprint density at radius 2 is 1.76 bits per heavy atom. The van der Waals surface area contributed by atoms with Crippen molar-refractivity contribution in [3.63, 3.8) is 0 Å².